The first-order chi connectivity index (χ1) is 10.1. The number of benzene rings is 1. The van der Waals surface area contributed by atoms with Crippen LogP contribution in [0.15, 0.2) is 66.5 Å². The van der Waals surface area contributed by atoms with Crippen molar-refractivity contribution in [3.63, 3.8) is 0 Å². The molecule has 0 saturated heterocycles. The van der Waals surface area contributed by atoms with E-state index in [0.29, 0.717) is 16.3 Å². The van der Waals surface area contributed by atoms with Crippen LogP contribution in [-0.2, 0) is 0 Å². The maximum Gasteiger partial charge on any atom is 0.185 e. The molecule has 3 nitrogen and oxygen atoms in total. The number of rotatable bonds is 6. The lowest BCUT2D eigenvalue weighted by Gasteiger charge is -2.04. The molecule has 0 radical (unpaired) electrons. The maximum atomic E-state index is 12.0. The minimum atomic E-state index is -0.0767. The number of carbonyl (C=O) groups excluding carboxylic acids is 1. The fourth-order valence-corrected chi connectivity index (χ4v) is 1.67. The van der Waals surface area contributed by atoms with Crippen LogP contribution < -0.4 is 4.74 Å². The van der Waals surface area contributed by atoms with Crippen LogP contribution in [0.25, 0.3) is 6.08 Å². The summed E-state index contributed by atoms with van der Waals surface area (Å²) < 4.78 is 5.36. The van der Waals surface area contributed by atoms with Crippen molar-refractivity contribution in [3.8, 4) is 5.75 Å². The minimum Gasteiger partial charge on any atom is -0.488 e. The Bertz CT molecular complexity index is 648. The average molecular weight is 300 g/mol. The predicted octanol–water partition coefficient (Wildman–Crippen LogP) is 4.11. The van der Waals surface area contributed by atoms with E-state index in [4.69, 9.17) is 16.3 Å². The topological polar surface area (TPSA) is 39.2 Å². The van der Waals surface area contributed by atoms with E-state index in [1.165, 1.54) is 6.08 Å². The summed E-state index contributed by atoms with van der Waals surface area (Å²) in [6, 6.07) is 10.6. The first-order valence-electron chi connectivity index (χ1n) is 6.34. The van der Waals surface area contributed by atoms with Gasteiger partial charge < -0.3 is 4.74 Å². The normalized spacial score (nSPS) is 10.5. The average Bonchev–Trinajstić information content (AvgIpc) is 2.52. The van der Waals surface area contributed by atoms with Crippen LogP contribution in [0.1, 0.15) is 15.9 Å². The maximum absolute atomic E-state index is 12.0. The summed E-state index contributed by atoms with van der Waals surface area (Å²) in [5, 5.41) is 0.426. The van der Waals surface area contributed by atoms with Crippen molar-refractivity contribution < 1.29 is 9.53 Å². The molecular formula is C17H14ClNO2. The van der Waals surface area contributed by atoms with Gasteiger partial charge in [0, 0.05) is 23.0 Å². The Kier molecular flexibility index (Phi) is 5.29. The fourth-order valence-electron chi connectivity index (χ4n) is 1.62. The number of ketones is 1. The summed E-state index contributed by atoms with van der Waals surface area (Å²) in [5.41, 5.74) is 1.47. The zero-order valence-electron chi connectivity index (χ0n) is 11.3. The van der Waals surface area contributed by atoms with Crippen LogP contribution in [0, 0.1) is 0 Å². The predicted molar refractivity (Wildman–Crippen MR) is 84.5 cm³/mol. The molecule has 2 aromatic rings. The van der Waals surface area contributed by atoms with E-state index >= 15 is 0 Å². The summed E-state index contributed by atoms with van der Waals surface area (Å²) >= 11 is 5.62. The summed E-state index contributed by atoms with van der Waals surface area (Å²) in [5.74, 6) is 0.566. The lowest BCUT2D eigenvalue weighted by molar-refractivity contribution is 0.104. The molecule has 0 fully saturated rings. The molecule has 21 heavy (non-hydrogen) atoms. The van der Waals surface area contributed by atoms with Crippen LogP contribution in [0.2, 0.25) is 0 Å². The fraction of sp³-hybridized carbons (Fsp3) is 0.0588. The second kappa shape index (κ2) is 7.41. The number of nitrogens with zero attached hydrogens (tertiary/aromatic N) is 1. The van der Waals surface area contributed by atoms with E-state index in [1.54, 1.807) is 42.7 Å². The molecule has 0 bridgehead atoms. The molecule has 4 heteroatoms. The molecule has 1 aromatic carbocycles. The number of carbonyl (C=O) groups is 1. The Morgan fingerprint density at radius 3 is 2.67 bits per heavy atom. The summed E-state index contributed by atoms with van der Waals surface area (Å²) in [6.45, 7) is 3.79. The monoisotopic (exact) mass is 299 g/mol. The summed E-state index contributed by atoms with van der Waals surface area (Å²) in [6.07, 6.45) is 6.64. The smallest absolute Gasteiger partial charge is 0.185 e. The van der Waals surface area contributed by atoms with Crippen molar-refractivity contribution in [1.29, 1.82) is 0 Å². The van der Waals surface area contributed by atoms with E-state index < -0.39 is 0 Å². The van der Waals surface area contributed by atoms with Gasteiger partial charge in [-0.15, -0.1) is 0 Å². The molecule has 1 aromatic heterocycles. The molecule has 0 aliphatic heterocycles. The molecule has 0 aliphatic rings. The number of hydrogen-bond donors (Lipinski definition) is 0. The van der Waals surface area contributed by atoms with Crippen molar-refractivity contribution in [2.24, 2.45) is 0 Å². The van der Waals surface area contributed by atoms with Crippen molar-refractivity contribution in [3.05, 3.63) is 77.6 Å². The standard InChI is InChI=1S/C17H14ClNO2/c1-13(18)12-21-16-7-5-15(6-8-16)17(20)9-4-14-3-2-10-19-11-14/h2-11H,1,12H2. The molecule has 1 heterocycles. The van der Waals surface area contributed by atoms with E-state index in [2.05, 4.69) is 11.6 Å². The van der Waals surface area contributed by atoms with Crippen LogP contribution in [-0.4, -0.2) is 17.4 Å². The van der Waals surface area contributed by atoms with Crippen molar-refractivity contribution in [2.45, 2.75) is 0 Å². The Hall–Kier alpha value is -2.39. The van der Waals surface area contributed by atoms with Gasteiger partial charge in [0.15, 0.2) is 5.78 Å². The molecule has 0 atom stereocenters. The number of pyridine rings is 1. The Labute approximate surface area is 128 Å². The molecule has 0 unspecified atom stereocenters. The lowest BCUT2D eigenvalue weighted by atomic mass is 10.1. The molecule has 0 aliphatic carbocycles. The first kappa shape index (κ1) is 15.0. The van der Waals surface area contributed by atoms with Crippen molar-refractivity contribution >= 4 is 23.5 Å². The Morgan fingerprint density at radius 1 is 1.29 bits per heavy atom. The van der Waals surface area contributed by atoms with Gasteiger partial charge in [-0.25, -0.2) is 0 Å². The number of halogens is 1. The lowest BCUT2D eigenvalue weighted by Crippen LogP contribution is -1.98. The highest BCUT2D eigenvalue weighted by molar-refractivity contribution is 6.29. The van der Waals surface area contributed by atoms with Gasteiger partial charge in [0.2, 0.25) is 0 Å². The van der Waals surface area contributed by atoms with Gasteiger partial charge in [-0.05, 0) is 48.0 Å². The second-order valence-corrected chi connectivity index (χ2v) is 4.85. The molecule has 0 saturated carbocycles. The van der Waals surface area contributed by atoms with Crippen LogP contribution in [0.3, 0.4) is 0 Å². The Morgan fingerprint density at radius 2 is 2.05 bits per heavy atom. The largest absolute Gasteiger partial charge is 0.488 e. The third-order valence-corrected chi connectivity index (χ3v) is 2.75. The van der Waals surface area contributed by atoms with E-state index in [9.17, 15) is 4.79 Å². The molecule has 0 spiro atoms. The van der Waals surface area contributed by atoms with Crippen molar-refractivity contribution in [1.82, 2.24) is 4.98 Å². The van der Waals surface area contributed by atoms with Gasteiger partial charge in [0.1, 0.15) is 12.4 Å². The highest BCUT2D eigenvalue weighted by Crippen LogP contribution is 2.14. The van der Waals surface area contributed by atoms with Crippen LogP contribution in [0.4, 0.5) is 0 Å². The number of ether oxygens (including phenoxy) is 1. The van der Waals surface area contributed by atoms with Gasteiger partial charge in [-0.3, -0.25) is 9.78 Å². The van der Waals surface area contributed by atoms with E-state index in [-0.39, 0.29) is 12.4 Å². The zero-order valence-corrected chi connectivity index (χ0v) is 12.1. The van der Waals surface area contributed by atoms with Gasteiger partial charge in [0.25, 0.3) is 0 Å². The van der Waals surface area contributed by atoms with Crippen LogP contribution >= 0.6 is 11.6 Å². The number of allylic oxidation sites excluding steroid dienone is 1. The summed E-state index contributed by atoms with van der Waals surface area (Å²) in [7, 11) is 0. The second-order valence-electron chi connectivity index (χ2n) is 4.31. The van der Waals surface area contributed by atoms with Crippen LogP contribution in [0.5, 0.6) is 5.75 Å². The molecule has 0 N–H and O–H groups in total. The van der Waals surface area contributed by atoms with Gasteiger partial charge in [0.05, 0.1) is 0 Å². The molecule has 0 amide bonds. The van der Waals surface area contributed by atoms with Crippen molar-refractivity contribution in [2.75, 3.05) is 6.61 Å². The third-order valence-electron chi connectivity index (χ3n) is 2.65. The first-order valence-corrected chi connectivity index (χ1v) is 6.71. The highest BCUT2D eigenvalue weighted by Gasteiger charge is 2.02. The number of hydrogen-bond acceptors (Lipinski definition) is 3. The number of aromatic nitrogens is 1. The minimum absolute atomic E-state index is 0.0767. The SMILES string of the molecule is C=C(Cl)COc1ccc(C(=O)C=Cc2cccnc2)cc1. The zero-order chi connectivity index (χ0) is 15.1. The third kappa shape index (κ3) is 4.89. The van der Waals surface area contributed by atoms with Gasteiger partial charge >= 0.3 is 0 Å². The Balaban J connectivity index is 2.00. The van der Waals surface area contributed by atoms with Gasteiger partial charge in [-0.2, -0.15) is 0 Å². The quantitative estimate of drug-likeness (QED) is 0.595. The van der Waals surface area contributed by atoms with E-state index in [0.717, 1.165) is 5.56 Å². The molecule has 106 valence electrons. The molecule has 2 rings (SSSR count). The summed E-state index contributed by atoms with van der Waals surface area (Å²) in [4.78, 5) is 16.0. The van der Waals surface area contributed by atoms with E-state index in [1.807, 2.05) is 12.1 Å². The highest BCUT2D eigenvalue weighted by atomic mass is 35.5. The molecular weight excluding hydrogens is 286 g/mol. The van der Waals surface area contributed by atoms with Gasteiger partial charge in [-0.1, -0.05) is 24.2 Å².